The smallest absolute Gasteiger partial charge is 0.145 e. The lowest BCUT2D eigenvalue weighted by molar-refractivity contribution is 1.00. The van der Waals surface area contributed by atoms with Crippen molar-refractivity contribution >= 4 is 16.6 Å². The molecule has 0 spiro atoms. The van der Waals surface area contributed by atoms with E-state index in [-0.39, 0.29) is 0 Å². The van der Waals surface area contributed by atoms with Gasteiger partial charge in [-0.05, 0) is 31.2 Å². The van der Waals surface area contributed by atoms with Crippen LogP contribution in [-0.4, -0.2) is 14.4 Å². The molecule has 0 aliphatic heterocycles. The van der Waals surface area contributed by atoms with Crippen LogP contribution in [0.1, 0.15) is 5.82 Å². The zero-order valence-corrected chi connectivity index (χ0v) is 7.81. The van der Waals surface area contributed by atoms with Gasteiger partial charge in [0.05, 0.1) is 5.52 Å². The SMILES string of the molecule is Cc1nccc2cc3cccnc3n12. The zero-order chi connectivity index (χ0) is 9.54. The van der Waals surface area contributed by atoms with Crippen LogP contribution in [-0.2, 0) is 0 Å². The maximum Gasteiger partial charge on any atom is 0.145 e. The minimum absolute atomic E-state index is 0.969. The number of fused-ring (bicyclic) bond motifs is 3. The van der Waals surface area contributed by atoms with Gasteiger partial charge in [-0.1, -0.05) is 0 Å². The third-order valence-corrected chi connectivity index (χ3v) is 2.42. The largest absolute Gasteiger partial charge is 0.282 e. The molecular formula is C11H9N3. The lowest BCUT2D eigenvalue weighted by Gasteiger charge is -1.98. The Morgan fingerprint density at radius 2 is 2.07 bits per heavy atom. The molecule has 0 fully saturated rings. The molecule has 0 unspecified atom stereocenters. The van der Waals surface area contributed by atoms with Crippen LogP contribution < -0.4 is 0 Å². The van der Waals surface area contributed by atoms with Crippen molar-refractivity contribution in [3.05, 3.63) is 42.5 Å². The fourth-order valence-corrected chi connectivity index (χ4v) is 1.80. The van der Waals surface area contributed by atoms with Gasteiger partial charge in [-0.3, -0.25) is 4.40 Å². The van der Waals surface area contributed by atoms with Gasteiger partial charge in [0.15, 0.2) is 0 Å². The summed E-state index contributed by atoms with van der Waals surface area (Å²) in [6.45, 7) is 1.99. The van der Waals surface area contributed by atoms with Crippen molar-refractivity contribution in [2.24, 2.45) is 0 Å². The van der Waals surface area contributed by atoms with Crippen molar-refractivity contribution in [1.82, 2.24) is 14.4 Å². The second-order valence-electron chi connectivity index (χ2n) is 3.31. The van der Waals surface area contributed by atoms with Gasteiger partial charge in [-0.2, -0.15) is 0 Å². The number of hydrogen-bond donors (Lipinski definition) is 0. The van der Waals surface area contributed by atoms with Gasteiger partial charge >= 0.3 is 0 Å². The highest BCUT2D eigenvalue weighted by Crippen LogP contribution is 2.18. The van der Waals surface area contributed by atoms with Gasteiger partial charge in [0.25, 0.3) is 0 Å². The molecule has 3 nitrogen and oxygen atoms in total. The third kappa shape index (κ3) is 0.865. The van der Waals surface area contributed by atoms with Crippen LogP contribution in [0.4, 0.5) is 0 Å². The Morgan fingerprint density at radius 3 is 3.00 bits per heavy atom. The van der Waals surface area contributed by atoms with E-state index in [4.69, 9.17) is 0 Å². The Kier molecular flexibility index (Phi) is 1.36. The summed E-state index contributed by atoms with van der Waals surface area (Å²) in [6, 6.07) is 8.13. The number of aryl methyl sites for hydroxylation is 1. The van der Waals surface area contributed by atoms with E-state index in [1.54, 1.807) is 6.20 Å². The van der Waals surface area contributed by atoms with Crippen molar-refractivity contribution < 1.29 is 0 Å². The fraction of sp³-hybridized carbons (Fsp3) is 0.0909. The molecule has 0 atom stereocenters. The summed E-state index contributed by atoms with van der Waals surface area (Å²) in [6.07, 6.45) is 3.63. The van der Waals surface area contributed by atoms with Crippen molar-refractivity contribution in [3.8, 4) is 0 Å². The van der Waals surface area contributed by atoms with E-state index in [0.717, 1.165) is 22.4 Å². The molecule has 0 aliphatic carbocycles. The second-order valence-corrected chi connectivity index (χ2v) is 3.31. The summed E-state index contributed by atoms with van der Waals surface area (Å²) >= 11 is 0. The maximum absolute atomic E-state index is 4.35. The highest BCUT2D eigenvalue weighted by atomic mass is 15.0. The van der Waals surface area contributed by atoms with Crippen LogP contribution >= 0.6 is 0 Å². The lowest BCUT2D eigenvalue weighted by Crippen LogP contribution is -1.94. The quantitative estimate of drug-likeness (QED) is 0.534. The Bertz CT molecular complexity index is 610. The first-order valence-electron chi connectivity index (χ1n) is 4.54. The Labute approximate surface area is 81.0 Å². The zero-order valence-electron chi connectivity index (χ0n) is 7.81. The van der Waals surface area contributed by atoms with Crippen molar-refractivity contribution in [2.45, 2.75) is 6.92 Å². The summed E-state index contributed by atoms with van der Waals surface area (Å²) in [4.78, 5) is 8.61. The van der Waals surface area contributed by atoms with Crippen molar-refractivity contribution in [3.63, 3.8) is 0 Å². The lowest BCUT2D eigenvalue weighted by atomic mass is 10.3. The minimum atomic E-state index is 0.969. The standard InChI is InChI=1S/C11H9N3/c1-8-12-6-4-10-7-9-3-2-5-13-11(9)14(8)10/h2-7H,1H3. The molecule has 0 amide bonds. The summed E-state index contributed by atoms with van der Waals surface area (Å²) in [5, 5.41) is 1.16. The Morgan fingerprint density at radius 1 is 1.14 bits per heavy atom. The molecule has 0 N–H and O–H groups in total. The molecule has 0 aliphatic rings. The Balaban J connectivity index is 2.65. The molecule has 0 aromatic carbocycles. The normalized spacial score (nSPS) is 11.2. The number of hydrogen-bond acceptors (Lipinski definition) is 2. The van der Waals surface area contributed by atoms with E-state index < -0.39 is 0 Å². The van der Waals surface area contributed by atoms with Crippen LogP contribution in [0.3, 0.4) is 0 Å². The van der Waals surface area contributed by atoms with Crippen LogP contribution in [0.15, 0.2) is 36.7 Å². The molecule has 0 radical (unpaired) electrons. The van der Waals surface area contributed by atoms with E-state index in [0.29, 0.717) is 0 Å². The molecule has 14 heavy (non-hydrogen) atoms. The van der Waals surface area contributed by atoms with Crippen molar-refractivity contribution in [1.29, 1.82) is 0 Å². The van der Waals surface area contributed by atoms with Crippen LogP contribution in [0.2, 0.25) is 0 Å². The topological polar surface area (TPSA) is 30.2 Å². The third-order valence-electron chi connectivity index (χ3n) is 2.42. The maximum atomic E-state index is 4.35. The molecule has 0 saturated heterocycles. The minimum Gasteiger partial charge on any atom is -0.282 e. The van der Waals surface area contributed by atoms with Gasteiger partial charge in [-0.25, -0.2) is 9.97 Å². The average molecular weight is 183 g/mol. The molecule has 3 heteroatoms. The molecule has 3 rings (SSSR count). The summed E-state index contributed by atoms with van der Waals surface area (Å²) < 4.78 is 2.06. The van der Waals surface area contributed by atoms with Gasteiger partial charge in [-0.15, -0.1) is 0 Å². The predicted octanol–water partition coefficient (Wildman–Crippen LogP) is 2.19. The Hall–Kier alpha value is -1.90. The monoisotopic (exact) mass is 183 g/mol. The first kappa shape index (κ1) is 7.50. The average Bonchev–Trinajstić information content (AvgIpc) is 2.57. The number of pyridine rings is 1. The summed E-state index contributed by atoms with van der Waals surface area (Å²) in [5.74, 6) is 0.969. The van der Waals surface area contributed by atoms with E-state index in [9.17, 15) is 0 Å². The molecule has 68 valence electrons. The molecule has 0 bridgehead atoms. The summed E-state index contributed by atoms with van der Waals surface area (Å²) in [5.41, 5.74) is 2.12. The molecule has 0 saturated carbocycles. The predicted molar refractivity (Wildman–Crippen MR) is 55.2 cm³/mol. The van der Waals surface area contributed by atoms with Gasteiger partial charge in [0, 0.05) is 17.8 Å². The molecule has 3 aromatic rings. The first-order valence-corrected chi connectivity index (χ1v) is 4.54. The van der Waals surface area contributed by atoms with Crippen LogP contribution in [0.5, 0.6) is 0 Å². The van der Waals surface area contributed by atoms with Gasteiger partial charge in [0.2, 0.25) is 0 Å². The number of rotatable bonds is 0. The van der Waals surface area contributed by atoms with E-state index >= 15 is 0 Å². The molecular weight excluding hydrogens is 174 g/mol. The highest BCUT2D eigenvalue weighted by molar-refractivity contribution is 5.83. The first-order chi connectivity index (χ1) is 6.86. The van der Waals surface area contributed by atoms with Gasteiger partial charge in [0.1, 0.15) is 11.5 Å². The molecule has 3 heterocycles. The summed E-state index contributed by atoms with van der Waals surface area (Å²) in [7, 11) is 0. The number of nitrogens with zero attached hydrogens (tertiary/aromatic N) is 3. The van der Waals surface area contributed by atoms with E-state index in [1.807, 2.05) is 25.3 Å². The fourth-order valence-electron chi connectivity index (χ4n) is 1.80. The van der Waals surface area contributed by atoms with Crippen LogP contribution in [0, 0.1) is 6.92 Å². The van der Waals surface area contributed by atoms with Gasteiger partial charge < -0.3 is 0 Å². The molecule has 3 aromatic heterocycles. The highest BCUT2D eigenvalue weighted by Gasteiger charge is 2.04. The second kappa shape index (κ2) is 2.54. The van der Waals surface area contributed by atoms with E-state index in [1.165, 1.54) is 0 Å². The van der Waals surface area contributed by atoms with Crippen molar-refractivity contribution in [2.75, 3.05) is 0 Å². The number of aromatic nitrogens is 3. The van der Waals surface area contributed by atoms with E-state index in [2.05, 4.69) is 26.5 Å². The van der Waals surface area contributed by atoms with Crippen LogP contribution in [0.25, 0.3) is 16.6 Å².